The molecule has 5 rings (SSSR count). The largest absolute Gasteiger partial charge is 0.425 e. The summed E-state index contributed by atoms with van der Waals surface area (Å²) in [5.41, 5.74) is 2.69. The number of aromatic nitrogens is 3. The summed E-state index contributed by atoms with van der Waals surface area (Å²) in [5, 5.41) is 12.1. The van der Waals surface area contributed by atoms with Crippen molar-refractivity contribution in [2.45, 2.75) is 74.5 Å². The van der Waals surface area contributed by atoms with E-state index in [1.165, 1.54) is 30.9 Å². The summed E-state index contributed by atoms with van der Waals surface area (Å²) in [7, 11) is 0. The average molecular weight is 619 g/mol. The van der Waals surface area contributed by atoms with Gasteiger partial charge in [-0.15, -0.1) is 11.8 Å². The lowest BCUT2D eigenvalue weighted by Gasteiger charge is -2.22. The van der Waals surface area contributed by atoms with Gasteiger partial charge in [-0.25, -0.2) is 4.98 Å². The molecule has 2 aromatic carbocycles. The van der Waals surface area contributed by atoms with E-state index in [0.717, 1.165) is 58.1 Å². The van der Waals surface area contributed by atoms with Crippen LogP contribution in [0.3, 0.4) is 0 Å². The molecule has 1 saturated carbocycles. The Balaban J connectivity index is 0.000000210. The smallest absolute Gasteiger partial charge is 0.283 e. The highest BCUT2D eigenvalue weighted by atomic mass is 35.5. The van der Waals surface area contributed by atoms with Crippen molar-refractivity contribution in [1.29, 1.82) is 0 Å². The van der Waals surface area contributed by atoms with E-state index in [-0.39, 0.29) is 5.56 Å². The summed E-state index contributed by atoms with van der Waals surface area (Å²) in [6, 6.07) is 17.0. The molecule has 1 aliphatic rings. The molecule has 0 radical (unpaired) electrons. The number of halogens is 3. The Hall–Kier alpha value is -2.38. The van der Waals surface area contributed by atoms with Gasteiger partial charge in [0.1, 0.15) is 0 Å². The van der Waals surface area contributed by atoms with E-state index in [1.807, 2.05) is 55.8 Å². The molecule has 0 amide bonds. The van der Waals surface area contributed by atoms with Crippen LogP contribution in [0.4, 0.5) is 0 Å². The lowest BCUT2D eigenvalue weighted by molar-refractivity contribution is 0.156. The Labute approximate surface area is 255 Å². The molecule has 212 valence electrons. The highest BCUT2D eigenvalue weighted by molar-refractivity contribution is 8.00. The van der Waals surface area contributed by atoms with E-state index in [4.69, 9.17) is 34.8 Å². The number of pyridine rings is 1. The topological polar surface area (TPSA) is 60.1 Å². The van der Waals surface area contributed by atoms with Gasteiger partial charge in [0.25, 0.3) is 5.56 Å². The highest BCUT2D eigenvalue weighted by Crippen LogP contribution is 2.38. The maximum absolute atomic E-state index is 11.4. The van der Waals surface area contributed by atoms with Gasteiger partial charge in [-0.1, -0.05) is 72.3 Å². The first-order valence-corrected chi connectivity index (χ1v) is 15.5. The second-order valence-electron chi connectivity index (χ2n) is 10.2. The molecule has 1 atom stereocenters. The Kier molecular flexibility index (Phi) is 11.5. The summed E-state index contributed by atoms with van der Waals surface area (Å²) in [5.74, 6) is 0.358. The van der Waals surface area contributed by atoms with Crippen LogP contribution in [-0.4, -0.2) is 24.7 Å². The lowest BCUT2D eigenvalue weighted by Crippen LogP contribution is -2.23. The number of rotatable bonds is 8. The fourth-order valence-electron chi connectivity index (χ4n) is 4.97. The molecular formula is C31H34Cl3N3O2S. The molecule has 9 heteroatoms. The van der Waals surface area contributed by atoms with Crippen molar-refractivity contribution >= 4 is 46.6 Å². The fourth-order valence-corrected chi connectivity index (χ4v) is 6.93. The first kappa shape index (κ1) is 30.6. The molecule has 0 spiro atoms. The van der Waals surface area contributed by atoms with Crippen molar-refractivity contribution in [3.63, 3.8) is 0 Å². The highest BCUT2D eigenvalue weighted by Gasteiger charge is 2.19. The van der Waals surface area contributed by atoms with Crippen molar-refractivity contribution in [2.24, 2.45) is 0 Å². The van der Waals surface area contributed by atoms with Crippen molar-refractivity contribution in [2.75, 3.05) is 0 Å². The lowest BCUT2D eigenvalue weighted by atomic mass is 9.86. The first-order valence-electron chi connectivity index (χ1n) is 13.5. The van der Waals surface area contributed by atoms with Gasteiger partial charge in [-0.3, -0.25) is 4.79 Å². The maximum Gasteiger partial charge on any atom is 0.283 e. The normalized spacial score (nSPS) is 14.4. The van der Waals surface area contributed by atoms with Crippen LogP contribution in [-0.2, 0) is 13.0 Å². The molecule has 2 aromatic heterocycles. The van der Waals surface area contributed by atoms with Gasteiger partial charge in [0.15, 0.2) is 0 Å². The van der Waals surface area contributed by atoms with E-state index in [2.05, 4.69) is 21.7 Å². The molecule has 0 saturated heterocycles. The number of benzene rings is 2. The summed E-state index contributed by atoms with van der Waals surface area (Å²) in [6.07, 6.45) is 13.4. The molecule has 0 bridgehead atoms. The molecule has 5 nitrogen and oxygen atoms in total. The van der Waals surface area contributed by atoms with Gasteiger partial charge >= 0.3 is 0 Å². The Morgan fingerprint density at radius 1 is 1.02 bits per heavy atom. The molecule has 0 aliphatic heterocycles. The third kappa shape index (κ3) is 8.81. The van der Waals surface area contributed by atoms with Gasteiger partial charge in [0.05, 0.1) is 22.1 Å². The van der Waals surface area contributed by atoms with Gasteiger partial charge in [-0.05, 0) is 74.1 Å². The first-order chi connectivity index (χ1) is 19.3. The molecule has 1 aliphatic carbocycles. The quantitative estimate of drug-likeness (QED) is 0.158. The Morgan fingerprint density at radius 2 is 1.73 bits per heavy atom. The van der Waals surface area contributed by atoms with Crippen molar-refractivity contribution < 1.29 is 5.21 Å². The van der Waals surface area contributed by atoms with Gasteiger partial charge in [-0.2, -0.15) is 4.73 Å². The molecule has 1 fully saturated rings. The van der Waals surface area contributed by atoms with E-state index in [0.29, 0.717) is 21.2 Å². The molecule has 40 heavy (non-hydrogen) atoms. The number of thioether (sulfide) groups is 1. The number of nitrogens with zero attached hydrogens (tertiary/aromatic N) is 3. The number of aryl methyl sites for hydroxylation is 2. The van der Waals surface area contributed by atoms with Crippen molar-refractivity contribution in [1.82, 2.24) is 14.3 Å². The second kappa shape index (κ2) is 15.0. The summed E-state index contributed by atoms with van der Waals surface area (Å²) >= 11 is 20.4. The van der Waals surface area contributed by atoms with Crippen molar-refractivity contribution in [3.8, 4) is 0 Å². The van der Waals surface area contributed by atoms with Crippen molar-refractivity contribution in [3.05, 3.63) is 116 Å². The average Bonchev–Trinajstić information content (AvgIpc) is 3.46. The minimum Gasteiger partial charge on any atom is -0.425 e. The van der Waals surface area contributed by atoms with Crippen LogP contribution in [0, 0.1) is 6.92 Å². The molecule has 1 unspecified atom stereocenters. The molecule has 1 N–H and O–H groups in total. The zero-order valence-corrected chi connectivity index (χ0v) is 25.6. The van der Waals surface area contributed by atoms with Crippen LogP contribution in [0.25, 0.3) is 0 Å². The maximum atomic E-state index is 11.4. The van der Waals surface area contributed by atoms with Crippen LogP contribution in [0.5, 0.6) is 0 Å². The fraction of sp³-hybridized carbons (Fsp3) is 0.355. The second-order valence-corrected chi connectivity index (χ2v) is 12.7. The van der Waals surface area contributed by atoms with E-state index in [9.17, 15) is 10.0 Å². The zero-order chi connectivity index (χ0) is 28.5. The number of hydrogen-bond acceptors (Lipinski definition) is 4. The molecule has 4 aromatic rings. The van der Waals surface area contributed by atoms with Crippen LogP contribution < -0.4 is 5.56 Å². The van der Waals surface area contributed by atoms with E-state index < -0.39 is 0 Å². The third-order valence-corrected chi connectivity index (χ3v) is 9.55. The summed E-state index contributed by atoms with van der Waals surface area (Å²) < 4.78 is 2.91. The number of hydrogen-bond donors (Lipinski definition) is 1. The Bertz CT molecular complexity index is 1400. The number of imidazole rings is 1. The van der Waals surface area contributed by atoms with Crippen LogP contribution >= 0.6 is 46.6 Å². The van der Waals surface area contributed by atoms with Crippen LogP contribution in [0.2, 0.25) is 15.1 Å². The van der Waals surface area contributed by atoms with Gasteiger partial charge in [0.2, 0.25) is 0 Å². The van der Waals surface area contributed by atoms with E-state index >= 15 is 0 Å². The minimum atomic E-state index is -0.310. The predicted octanol–water partition coefficient (Wildman–Crippen LogP) is 9.08. The summed E-state index contributed by atoms with van der Waals surface area (Å²) in [4.78, 5) is 16.5. The SMILES string of the molecule is Cc1cc(C2CCCCC2)n(O)c(=O)c1.Clc1ccc(CCC(Cn2ccnc2)Sc2c(Cl)cccc2Cl)cc1. The van der Waals surface area contributed by atoms with Crippen LogP contribution in [0.15, 0.2) is 83.0 Å². The Morgan fingerprint density at radius 3 is 2.38 bits per heavy atom. The summed E-state index contributed by atoms with van der Waals surface area (Å²) in [6.45, 7) is 2.74. The van der Waals surface area contributed by atoms with Crippen LogP contribution in [0.1, 0.15) is 61.3 Å². The zero-order valence-electron chi connectivity index (χ0n) is 22.5. The minimum absolute atomic E-state index is 0.310. The monoisotopic (exact) mass is 617 g/mol. The third-order valence-electron chi connectivity index (χ3n) is 7.05. The van der Waals surface area contributed by atoms with Gasteiger partial charge in [0, 0.05) is 46.1 Å². The molecular weight excluding hydrogens is 585 g/mol. The standard InChI is InChI=1S/C19H17Cl3N2S.C12H17NO2/c20-15-7-4-14(5-8-15)6-9-16(12-24-11-10-23-13-24)25-19-17(21)2-1-3-18(19)22;1-9-7-11(13(15)12(14)8-9)10-5-3-2-4-6-10/h1-5,7-8,10-11,13,16H,6,9,12H2;7-8,10,15H,2-6H2,1H3. The van der Waals surface area contributed by atoms with E-state index in [1.54, 1.807) is 18.0 Å². The van der Waals surface area contributed by atoms with Gasteiger partial charge < -0.3 is 9.77 Å². The predicted molar refractivity (Wildman–Crippen MR) is 167 cm³/mol. The molecule has 2 heterocycles.